The van der Waals surface area contributed by atoms with Crippen molar-refractivity contribution in [1.29, 1.82) is 0 Å². The van der Waals surface area contributed by atoms with Crippen LogP contribution in [0.2, 0.25) is 0 Å². The number of hydrogen-bond donors (Lipinski definition) is 1. The number of aryl methyl sites for hydroxylation is 2. The molecule has 5 nitrogen and oxygen atoms in total. The van der Waals surface area contributed by atoms with Gasteiger partial charge in [0.05, 0.1) is 18.7 Å². The lowest BCUT2D eigenvalue weighted by Gasteiger charge is -2.20. The van der Waals surface area contributed by atoms with Crippen LogP contribution in [0.5, 0.6) is 11.5 Å². The molecule has 0 aliphatic heterocycles. The van der Waals surface area contributed by atoms with Gasteiger partial charge in [-0.1, -0.05) is 18.2 Å². The predicted octanol–water partition coefficient (Wildman–Crippen LogP) is 3.64. The molecular formula is C22H25NO4. The highest BCUT2D eigenvalue weighted by molar-refractivity contribution is 5.81. The minimum atomic E-state index is -0.229. The molecule has 1 amide bonds. The highest BCUT2D eigenvalue weighted by atomic mass is 16.5. The Kier molecular flexibility index (Phi) is 6.12. The fourth-order valence-electron chi connectivity index (χ4n) is 3.41. The van der Waals surface area contributed by atoms with E-state index >= 15 is 0 Å². The molecular weight excluding hydrogens is 342 g/mol. The Bertz CT molecular complexity index is 831. The number of nitrogens with one attached hydrogen (secondary N) is 1. The molecule has 0 unspecified atom stereocenters. The van der Waals surface area contributed by atoms with Gasteiger partial charge in [0.2, 0.25) is 0 Å². The summed E-state index contributed by atoms with van der Waals surface area (Å²) in [5, 5.41) is 2.96. The number of carbonyl (C=O) groups is 2. The topological polar surface area (TPSA) is 64.6 Å². The van der Waals surface area contributed by atoms with Crippen molar-refractivity contribution in [2.24, 2.45) is 0 Å². The SMILES string of the molecule is COc1ccc(OCC(=O)N[C@H](C)c2ccc3c(c2)CCCC3)c(C=O)c1. The summed E-state index contributed by atoms with van der Waals surface area (Å²) in [6.07, 6.45) is 5.42. The molecule has 0 radical (unpaired) electrons. The molecule has 0 saturated carbocycles. The Morgan fingerprint density at radius 2 is 1.93 bits per heavy atom. The van der Waals surface area contributed by atoms with Gasteiger partial charge in [-0.05, 0) is 67.5 Å². The van der Waals surface area contributed by atoms with Gasteiger partial charge < -0.3 is 14.8 Å². The van der Waals surface area contributed by atoms with Crippen LogP contribution < -0.4 is 14.8 Å². The minimum Gasteiger partial charge on any atom is -0.497 e. The molecule has 0 spiro atoms. The van der Waals surface area contributed by atoms with Crippen LogP contribution in [0.3, 0.4) is 0 Å². The van der Waals surface area contributed by atoms with Gasteiger partial charge in [0.25, 0.3) is 5.91 Å². The quantitative estimate of drug-likeness (QED) is 0.759. The van der Waals surface area contributed by atoms with E-state index in [9.17, 15) is 9.59 Å². The fourth-order valence-corrected chi connectivity index (χ4v) is 3.41. The second-order valence-corrected chi connectivity index (χ2v) is 6.83. The van der Waals surface area contributed by atoms with Gasteiger partial charge in [-0.15, -0.1) is 0 Å². The summed E-state index contributed by atoms with van der Waals surface area (Å²) in [4.78, 5) is 23.4. The number of carbonyl (C=O) groups excluding carboxylic acids is 2. The molecule has 1 atom stereocenters. The Labute approximate surface area is 159 Å². The van der Waals surface area contributed by atoms with Gasteiger partial charge in [-0.2, -0.15) is 0 Å². The van der Waals surface area contributed by atoms with Gasteiger partial charge in [-0.25, -0.2) is 0 Å². The molecule has 142 valence electrons. The van der Waals surface area contributed by atoms with E-state index in [-0.39, 0.29) is 18.6 Å². The normalized spacial score (nSPS) is 14.0. The van der Waals surface area contributed by atoms with Gasteiger partial charge >= 0.3 is 0 Å². The molecule has 0 saturated heterocycles. The maximum Gasteiger partial charge on any atom is 0.258 e. The van der Waals surface area contributed by atoms with E-state index < -0.39 is 0 Å². The van der Waals surface area contributed by atoms with E-state index in [0.717, 1.165) is 18.4 Å². The standard InChI is InChI=1S/C22H25NO4/c1-15(17-8-7-16-5-3-4-6-18(16)11-17)23-22(25)14-27-21-10-9-20(26-2)12-19(21)13-24/h7-13,15H,3-6,14H2,1-2H3,(H,23,25)/t15-/m1/s1. The lowest BCUT2D eigenvalue weighted by atomic mass is 9.89. The molecule has 0 fully saturated rings. The third-order valence-electron chi connectivity index (χ3n) is 4.95. The van der Waals surface area contributed by atoms with Crippen molar-refractivity contribution in [2.75, 3.05) is 13.7 Å². The molecule has 5 heteroatoms. The van der Waals surface area contributed by atoms with Crippen LogP contribution in [0.15, 0.2) is 36.4 Å². The minimum absolute atomic E-state index is 0.102. The molecule has 0 aromatic heterocycles. The maximum atomic E-state index is 12.3. The van der Waals surface area contributed by atoms with Crippen LogP contribution >= 0.6 is 0 Å². The smallest absolute Gasteiger partial charge is 0.258 e. The van der Waals surface area contributed by atoms with Gasteiger partial charge in [0.1, 0.15) is 11.5 Å². The zero-order valence-electron chi connectivity index (χ0n) is 15.8. The van der Waals surface area contributed by atoms with Crippen molar-refractivity contribution in [3.8, 4) is 11.5 Å². The van der Waals surface area contributed by atoms with Crippen molar-refractivity contribution >= 4 is 12.2 Å². The molecule has 1 aliphatic carbocycles. The van der Waals surface area contributed by atoms with E-state index in [2.05, 4.69) is 23.5 Å². The summed E-state index contributed by atoms with van der Waals surface area (Å²) in [6, 6.07) is 11.3. The first kappa shape index (κ1) is 19.0. The van der Waals surface area contributed by atoms with Crippen molar-refractivity contribution in [3.63, 3.8) is 0 Å². The summed E-state index contributed by atoms with van der Waals surface area (Å²) in [7, 11) is 1.53. The van der Waals surface area contributed by atoms with Crippen molar-refractivity contribution in [2.45, 2.75) is 38.6 Å². The van der Waals surface area contributed by atoms with Crippen LogP contribution in [0, 0.1) is 0 Å². The van der Waals surface area contributed by atoms with E-state index in [4.69, 9.17) is 9.47 Å². The fraction of sp³-hybridized carbons (Fsp3) is 0.364. The molecule has 2 aromatic rings. The lowest BCUT2D eigenvalue weighted by Crippen LogP contribution is -2.31. The molecule has 3 rings (SSSR count). The highest BCUT2D eigenvalue weighted by Gasteiger charge is 2.15. The Morgan fingerprint density at radius 1 is 1.15 bits per heavy atom. The lowest BCUT2D eigenvalue weighted by molar-refractivity contribution is -0.123. The van der Waals surface area contributed by atoms with E-state index in [1.807, 2.05) is 6.92 Å². The zero-order chi connectivity index (χ0) is 19.2. The average molecular weight is 367 g/mol. The average Bonchev–Trinajstić information content (AvgIpc) is 2.71. The summed E-state index contributed by atoms with van der Waals surface area (Å²) < 4.78 is 10.6. The molecule has 27 heavy (non-hydrogen) atoms. The Morgan fingerprint density at radius 3 is 2.67 bits per heavy atom. The van der Waals surface area contributed by atoms with Crippen LogP contribution in [0.1, 0.15) is 52.9 Å². The third kappa shape index (κ3) is 4.67. The Hall–Kier alpha value is -2.82. The summed E-state index contributed by atoms with van der Waals surface area (Å²) >= 11 is 0. The van der Waals surface area contributed by atoms with E-state index in [0.29, 0.717) is 23.3 Å². The monoisotopic (exact) mass is 367 g/mol. The van der Waals surface area contributed by atoms with Crippen LogP contribution in [-0.4, -0.2) is 25.9 Å². The number of hydrogen-bond acceptors (Lipinski definition) is 4. The zero-order valence-corrected chi connectivity index (χ0v) is 15.8. The second kappa shape index (κ2) is 8.71. The summed E-state index contributed by atoms with van der Waals surface area (Å²) in [6.45, 7) is 1.81. The van der Waals surface area contributed by atoms with Crippen molar-refractivity contribution in [3.05, 3.63) is 58.7 Å². The second-order valence-electron chi connectivity index (χ2n) is 6.83. The predicted molar refractivity (Wildman–Crippen MR) is 104 cm³/mol. The number of fused-ring (bicyclic) bond motifs is 1. The van der Waals surface area contributed by atoms with Crippen LogP contribution in [0.25, 0.3) is 0 Å². The largest absolute Gasteiger partial charge is 0.497 e. The van der Waals surface area contributed by atoms with Gasteiger partial charge in [0.15, 0.2) is 12.9 Å². The van der Waals surface area contributed by atoms with E-state index in [1.165, 1.54) is 31.1 Å². The van der Waals surface area contributed by atoms with E-state index in [1.54, 1.807) is 18.2 Å². The first-order chi connectivity index (χ1) is 13.1. The Balaban J connectivity index is 1.58. The molecule has 1 N–H and O–H groups in total. The van der Waals surface area contributed by atoms with Crippen LogP contribution in [-0.2, 0) is 17.6 Å². The third-order valence-corrected chi connectivity index (χ3v) is 4.95. The number of amides is 1. The van der Waals surface area contributed by atoms with Crippen molar-refractivity contribution < 1.29 is 19.1 Å². The number of ether oxygens (including phenoxy) is 2. The van der Waals surface area contributed by atoms with Crippen molar-refractivity contribution in [1.82, 2.24) is 5.32 Å². The number of rotatable bonds is 7. The number of aldehydes is 1. The summed E-state index contributed by atoms with van der Waals surface area (Å²) in [5.41, 5.74) is 4.27. The van der Waals surface area contributed by atoms with Gasteiger partial charge in [-0.3, -0.25) is 9.59 Å². The maximum absolute atomic E-state index is 12.3. The first-order valence-corrected chi connectivity index (χ1v) is 9.28. The number of benzene rings is 2. The molecule has 0 heterocycles. The first-order valence-electron chi connectivity index (χ1n) is 9.28. The number of methoxy groups -OCH3 is 1. The highest BCUT2D eigenvalue weighted by Crippen LogP contribution is 2.25. The van der Waals surface area contributed by atoms with Gasteiger partial charge in [0, 0.05) is 0 Å². The summed E-state index contributed by atoms with van der Waals surface area (Å²) in [5.74, 6) is 0.699. The molecule has 2 aromatic carbocycles. The van der Waals surface area contributed by atoms with Crippen LogP contribution in [0.4, 0.5) is 0 Å². The molecule has 1 aliphatic rings. The molecule has 0 bridgehead atoms.